The maximum absolute atomic E-state index is 13.0. The number of carbonyl (C=O) groups excluding carboxylic acids is 1. The lowest BCUT2D eigenvalue weighted by molar-refractivity contribution is -0.123. The molecule has 0 atom stereocenters. The minimum absolute atomic E-state index is 0.151. The van der Waals surface area contributed by atoms with Crippen molar-refractivity contribution in [1.29, 1.82) is 0 Å². The quantitative estimate of drug-likeness (QED) is 0.660. The Labute approximate surface area is 187 Å². The lowest BCUT2D eigenvalue weighted by atomic mass is 9.96. The number of nitrogens with zero attached hydrogens (tertiary/aromatic N) is 1. The van der Waals surface area contributed by atoms with Crippen LogP contribution in [0.5, 0.6) is 28.7 Å². The maximum Gasteiger partial charge on any atom is 0.250 e. The van der Waals surface area contributed by atoms with E-state index in [4.69, 9.17) is 23.7 Å². The van der Waals surface area contributed by atoms with Gasteiger partial charge in [0.2, 0.25) is 5.75 Å². The van der Waals surface area contributed by atoms with Crippen molar-refractivity contribution in [3.8, 4) is 28.7 Å². The van der Waals surface area contributed by atoms with Crippen LogP contribution in [0.15, 0.2) is 36.9 Å². The largest absolute Gasteiger partial charge is 0.493 e. The van der Waals surface area contributed by atoms with Gasteiger partial charge in [0.15, 0.2) is 23.0 Å². The highest BCUT2D eigenvalue weighted by atomic mass is 16.5. The van der Waals surface area contributed by atoms with E-state index in [1.165, 1.54) is 6.08 Å². The molecule has 7 heteroatoms. The van der Waals surface area contributed by atoms with E-state index in [-0.39, 0.29) is 5.91 Å². The molecule has 0 bridgehead atoms. The Morgan fingerprint density at radius 2 is 1.66 bits per heavy atom. The summed E-state index contributed by atoms with van der Waals surface area (Å²) in [5, 5.41) is 0. The highest BCUT2D eigenvalue weighted by molar-refractivity contribution is 5.98. The Morgan fingerprint density at radius 3 is 2.28 bits per heavy atom. The summed E-state index contributed by atoms with van der Waals surface area (Å²) >= 11 is 0. The number of ether oxygens (including phenoxy) is 5. The first-order chi connectivity index (χ1) is 15.5. The first-order valence-corrected chi connectivity index (χ1v) is 10.5. The lowest BCUT2D eigenvalue weighted by Crippen LogP contribution is -2.33. The molecule has 2 aliphatic heterocycles. The molecule has 0 saturated carbocycles. The Hall–Kier alpha value is -3.61. The van der Waals surface area contributed by atoms with E-state index in [9.17, 15) is 4.79 Å². The zero-order valence-electron chi connectivity index (χ0n) is 18.6. The number of hydrogen-bond donors (Lipinski definition) is 0. The third-order valence-corrected chi connectivity index (χ3v) is 5.59. The van der Waals surface area contributed by atoms with E-state index in [2.05, 4.69) is 6.58 Å². The van der Waals surface area contributed by atoms with Crippen LogP contribution in [0.25, 0.3) is 11.8 Å². The molecule has 4 rings (SSSR count). The zero-order valence-corrected chi connectivity index (χ0v) is 18.6. The molecule has 7 nitrogen and oxygen atoms in total. The molecule has 0 fully saturated rings. The SMILES string of the molecule is C=C1c2cc3c(cc2CCN1C(=O)/C=C/c1cc(OC)c(OC)c(OC)c1)OCCCO3. The third-order valence-electron chi connectivity index (χ3n) is 5.59. The topological polar surface area (TPSA) is 66.5 Å². The molecular formula is C25H27NO6. The molecule has 0 N–H and O–H groups in total. The summed E-state index contributed by atoms with van der Waals surface area (Å²) in [6.07, 6.45) is 4.81. The van der Waals surface area contributed by atoms with Gasteiger partial charge < -0.3 is 28.6 Å². The third kappa shape index (κ3) is 4.10. The van der Waals surface area contributed by atoms with Crippen LogP contribution in [-0.2, 0) is 11.2 Å². The van der Waals surface area contributed by atoms with E-state index in [0.29, 0.717) is 48.5 Å². The second kappa shape index (κ2) is 9.26. The highest BCUT2D eigenvalue weighted by Gasteiger charge is 2.26. The average Bonchev–Trinajstić information content (AvgIpc) is 3.05. The number of rotatable bonds is 5. The number of methoxy groups -OCH3 is 3. The molecule has 0 unspecified atom stereocenters. The molecule has 0 aromatic heterocycles. The summed E-state index contributed by atoms with van der Waals surface area (Å²) in [7, 11) is 4.66. The van der Waals surface area contributed by atoms with Crippen LogP contribution < -0.4 is 23.7 Å². The van der Waals surface area contributed by atoms with E-state index in [1.807, 2.05) is 12.1 Å². The van der Waals surface area contributed by atoms with Crippen LogP contribution in [0.4, 0.5) is 0 Å². The van der Waals surface area contributed by atoms with Crippen molar-refractivity contribution >= 4 is 17.7 Å². The molecule has 2 aromatic rings. The smallest absolute Gasteiger partial charge is 0.250 e. The predicted molar refractivity (Wildman–Crippen MR) is 122 cm³/mol. The fraction of sp³-hybridized carbons (Fsp3) is 0.320. The molecule has 2 aliphatic rings. The molecule has 32 heavy (non-hydrogen) atoms. The van der Waals surface area contributed by atoms with Gasteiger partial charge in [-0.05, 0) is 47.9 Å². The Morgan fingerprint density at radius 1 is 1.00 bits per heavy atom. The van der Waals surface area contributed by atoms with Crippen LogP contribution in [0.1, 0.15) is 23.1 Å². The molecular weight excluding hydrogens is 410 g/mol. The average molecular weight is 437 g/mol. The Balaban J connectivity index is 1.56. The highest BCUT2D eigenvalue weighted by Crippen LogP contribution is 2.40. The monoisotopic (exact) mass is 437 g/mol. The molecule has 1 amide bonds. The van der Waals surface area contributed by atoms with E-state index >= 15 is 0 Å². The van der Waals surface area contributed by atoms with Gasteiger partial charge in [0.1, 0.15) is 0 Å². The molecule has 0 aliphatic carbocycles. The van der Waals surface area contributed by atoms with Gasteiger partial charge in [0.05, 0.1) is 34.5 Å². The van der Waals surface area contributed by atoms with Gasteiger partial charge in [0.25, 0.3) is 5.91 Å². The van der Waals surface area contributed by atoms with Crippen molar-refractivity contribution in [1.82, 2.24) is 4.90 Å². The fourth-order valence-corrected chi connectivity index (χ4v) is 3.94. The number of fused-ring (bicyclic) bond motifs is 2. The fourth-order valence-electron chi connectivity index (χ4n) is 3.94. The van der Waals surface area contributed by atoms with Gasteiger partial charge in [-0.25, -0.2) is 0 Å². The molecule has 2 aromatic carbocycles. The standard InChI is InChI=1S/C25H27NO6/c1-16-19-15-21-20(31-10-5-11-32-21)14-18(19)8-9-26(16)24(27)7-6-17-12-22(28-2)25(30-4)23(13-17)29-3/h6-7,12-15H,1,5,8-11H2,2-4H3/b7-6+. The summed E-state index contributed by atoms with van der Waals surface area (Å²) in [5.74, 6) is 2.86. The first-order valence-electron chi connectivity index (χ1n) is 10.5. The van der Waals surface area contributed by atoms with Crippen LogP contribution in [-0.4, -0.2) is 51.9 Å². The van der Waals surface area contributed by atoms with E-state index in [0.717, 1.165) is 35.3 Å². The van der Waals surface area contributed by atoms with E-state index in [1.54, 1.807) is 44.4 Å². The number of hydrogen-bond acceptors (Lipinski definition) is 6. The first kappa shape index (κ1) is 21.6. The van der Waals surface area contributed by atoms with Gasteiger partial charge in [-0.15, -0.1) is 0 Å². The molecule has 0 saturated heterocycles. The van der Waals surface area contributed by atoms with Crippen molar-refractivity contribution < 1.29 is 28.5 Å². The summed E-state index contributed by atoms with van der Waals surface area (Å²) in [6.45, 7) is 5.98. The van der Waals surface area contributed by atoms with Crippen LogP contribution in [0.2, 0.25) is 0 Å². The predicted octanol–water partition coefficient (Wildman–Crippen LogP) is 3.94. The minimum Gasteiger partial charge on any atom is -0.493 e. The zero-order chi connectivity index (χ0) is 22.7. The normalized spacial score (nSPS) is 15.2. The van der Waals surface area contributed by atoms with Gasteiger partial charge in [-0.3, -0.25) is 4.79 Å². The number of carbonyl (C=O) groups is 1. The lowest BCUT2D eigenvalue weighted by Gasteiger charge is -2.30. The maximum atomic E-state index is 13.0. The second-order valence-electron chi connectivity index (χ2n) is 7.49. The minimum atomic E-state index is -0.151. The van der Waals surface area contributed by atoms with Crippen molar-refractivity contribution in [2.75, 3.05) is 41.1 Å². The molecule has 0 spiro atoms. The van der Waals surface area contributed by atoms with Crippen molar-refractivity contribution in [3.63, 3.8) is 0 Å². The van der Waals surface area contributed by atoms with Gasteiger partial charge >= 0.3 is 0 Å². The van der Waals surface area contributed by atoms with Crippen LogP contribution >= 0.6 is 0 Å². The molecule has 168 valence electrons. The summed E-state index contributed by atoms with van der Waals surface area (Å²) in [6, 6.07) is 7.52. The van der Waals surface area contributed by atoms with Gasteiger partial charge in [0, 0.05) is 30.3 Å². The number of amides is 1. The summed E-state index contributed by atoms with van der Waals surface area (Å²) in [4.78, 5) is 14.7. The van der Waals surface area contributed by atoms with Gasteiger partial charge in [-0.1, -0.05) is 6.58 Å². The van der Waals surface area contributed by atoms with Crippen LogP contribution in [0, 0.1) is 0 Å². The van der Waals surface area contributed by atoms with Crippen molar-refractivity contribution in [2.45, 2.75) is 12.8 Å². The summed E-state index contributed by atoms with van der Waals surface area (Å²) < 4.78 is 27.7. The Kier molecular flexibility index (Phi) is 6.25. The van der Waals surface area contributed by atoms with Crippen molar-refractivity contribution in [3.05, 3.63) is 53.6 Å². The molecule has 2 heterocycles. The summed E-state index contributed by atoms with van der Waals surface area (Å²) in [5.41, 5.74) is 3.43. The second-order valence-corrected chi connectivity index (χ2v) is 7.49. The number of benzene rings is 2. The van der Waals surface area contributed by atoms with E-state index < -0.39 is 0 Å². The Bertz CT molecular complexity index is 1050. The van der Waals surface area contributed by atoms with Gasteiger partial charge in [-0.2, -0.15) is 0 Å². The molecule has 0 radical (unpaired) electrons. The van der Waals surface area contributed by atoms with Crippen molar-refractivity contribution in [2.24, 2.45) is 0 Å². The van der Waals surface area contributed by atoms with Crippen LogP contribution in [0.3, 0.4) is 0 Å².